The van der Waals surface area contributed by atoms with Crippen molar-refractivity contribution in [3.05, 3.63) is 60.2 Å². The molecule has 0 radical (unpaired) electrons. The average molecular weight is 364 g/mol. The van der Waals surface area contributed by atoms with Gasteiger partial charge in [0.05, 0.1) is 5.52 Å². The summed E-state index contributed by atoms with van der Waals surface area (Å²) in [5.41, 5.74) is 1.88. The van der Waals surface area contributed by atoms with Gasteiger partial charge >= 0.3 is 6.09 Å². The third kappa shape index (κ3) is 3.17. The van der Waals surface area contributed by atoms with Crippen LogP contribution in [0.4, 0.5) is 4.79 Å². The molecule has 1 atom stereocenters. The number of hydrogen-bond acceptors (Lipinski definition) is 6. The van der Waals surface area contributed by atoms with Gasteiger partial charge in [-0.1, -0.05) is 47.7 Å². The molecule has 2 heterocycles. The minimum absolute atomic E-state index is 0.0244. The quantitative estimate of drug-likeness (QED) is 0.708. The molecular weight excluding hydrogens is 348 g/mol. The first kappa shape index (κ1) is 16.9. The van der Waals surface area contributed by atoms with Crippen LogP contribution in [0.25, 0.3) is 11.0 Å². The fourth-order valence-corrected chi connectivity index (χ4v) is 3.11. The van der Waals surface area contributed by atoms with Gasteiger partial charge < -0.3 is 4.74 Å². The maximum absolute atomic E-state index is 12.9. The van der Waals surface area contributed by atoms with Gasteiger partial charge in [0.1, 0.15) is 18.2 Å². The molecule has 0 aliphatic carbocycles. The highest BCUT2D eigenvalue weighted by atomic mass is 16.6. The topological polar surface area (TPSA) is 94.4 Å². The Hall–Kier alpha value is -3.55. The number of rotatable bonds is 3. The number of amides is 2. The first-order valence-electron chi connectivity index (χ1n) is 8.52. The standard InChI is InChI=1S/C19H16N4O4/c24-17-11-10-16(18(25)23-15-9-5-4-8-14(15)20-21-23)22(17)19(26)27-12-13-6-2-1-3-7-13/h1-9,16H,10-12H2/t16-/m0/s1. The third-order valence-electron chi connectivity index (χ3n) is 4.46. The van der Waals surface area contributed by atoms with Crippen LogP contribution in [0.1, 0.15) is 23.2 Å². The zero-order valence-electron chi connectivity index (χ0n) is 14.3. The Balaban J connectivity index is 1.54. The molecule has 0 spiro atoms. The van der Waals surface area contributed by atoms with E-state index in [4.69, 9.17) is 4.74 Å². The fourth-order valence-electron chi connectivity index (χ4n) is 3.11. The van der Waals surface area contributed by atoms with Gasteiger partial charge in [-0.15, -0.1) is 5.10 Å². The Morgan fingerprint density at radius 2 is 1.81 bits per heavy atom. The monoisotopic (exact) mass is 364 g/mol. The maximum Gasteiger partial charge on any atom is 0.417 e. The van der Waals surface area contributed by atoms with Crippen molar-refractivity contribution in [2.45, 2.75) is 25.5 Å². The second kappa shape index (κ2) is 6.99. The molecule has 0 N–H and O–H groups in total. The second-order valence-electron chi connectivity index (χ2n) is 6.19. The molecule has 1 saturated heterocycles. The summed E-state index contributed by atoms with van der Waals surface area (Å²) in [6.07, 6.45) is -0.500. The van der Waals surface area contributed by atoms with Gasteiger partial charge in [-0.25, -0.2) is 9.69 Å². The number of carbonyl (C=O) groups is 3. The van der Waals surface area contributed by atoms with Crippen LogP contribution in [0.3, 0.4) is 0 Å². The lowest BCUT2D eigenvalue weighted by Gasteiger charge is -2.21. The van der Waals surface area contributed by atoms with Crippen molar-refractivity contribution in [3.63, 3.8) is 0 Å². The molecule has 2 aromatic carbocycles. The molecule has 0 unspecified atom stereocenters. The molecule has 1 aliphatic rings. The van der Waals surface area contributed by atoms with E-state index in [0.717, 1.165) is 15.1 Å². The summed E-state index contributed by atoms with van der Waals surface area (Å²) in [6, 6.07) is 15.2. The van der Waals surface area contributed by atoms with E-state index in [1.165, 1.54) is 0 Å². The van der Waals surface area contributed by atoms with Crippen LogP contribution in [0, 0.1) is 0 Å². The molecule has 4 rings (SSSR count). The number of imide groups is 1. The van der Waals surface area contributed by atoms with Crippen LogP contribution >= 0.6 is 0 Å². The van der Waals surface area contributed by atoms with Gasteiger partial charge in [-0.3, -0.25) is 9.59 Å². The maximum atomic E-state index is 12.9. The van der Waals surface area contributed by atoms with Crippen LogP contribution in [-0.4, -0.2) is 43.8 Å². The van der Waals surface area contributed by atoms with E-state index in [1.54, 1.807) is 24.3 Å². The number of ether oxygens (including phenoxy) is 1. The number of nitrogens with zero attached hydrogens (tertiary/aromatic N) is 4. The molecule has 1 aliphatic heterocycles. The van der Waals surface area contributed by atoms with E-state index in [-0.39, 0.29) is 19.4 Å². The number of carbonyl (C=O) groups excluding carboxylic acids is 3. The van der Waals surface area contributed by atoms with E-state index in [1.807, 2.05) is 30.3 Å². The largest absolute Gasteiger partial charge is 0.444 e. The van der Waals surface area contributed by atoms with Crippen molar-refractivity contribution in [1.82, 2.24) is 19.9 Å². The predicted molar refractivity (Wildman–Crippen MR) is 94.6 cm³/mol. The summed E-state index contributed by atoms with van der Waals surface area (Å²) in [4.78, 5) is 38.5. The first-order valence-corrected chi connectivity index (χ1v) is 8.52. The van der Waals surface area contributed by atoms with Crippen molar-refractivity contribution in [2.75, 3.05) is 0 Å². The predicted octanol–water partition coefficient (Wildman–Crippen LogP) is 2.40. The Bertz CT molecular complexity index is 1010. The summed E-state index contributed by atoms with van der Waals surface area (Å²) in [5, 5.41) is 7.83. The Labute approximate surface area is 154 Å². The normalized spacial score (nSPS) is 16.7. The van der Waals surface area contributed by atoms with E-state index in [2.05, 4.69) is 10.3 Å². The summed E-state index contributed by atoms with van der Waals surface area (Å²) >= 11 is 0. The van der Waals surface area contributed by atoms with Crippen LogP contribution in [-0.2, 0) is 16.1 Å². The van der Waals surface area contributed by atoms with Gasteiger partial charge in [-0.2, -0.15) is 4.68 Å². The number of likely N-dealkylation sites (tertiary alicyclic amines) is 1. The summed E-state index contributed by atoms with van der Waals surface area (Å²) in [7, 11) is 0. The van der Waals surface area contributed by atoms with E-state index in [0.29, 0.717) is 11.0 Å². The molecule has 1 fully saturated rings. The average Bonchev–Trinajstić information content (AvgIpc) is 3.30. The highest BCUT2D eigenvalue weighted by Crippen LogP contribution is 2.23. The SMILES string of the molecule is O=C1CC[C@@H](C(=O)n2nnc3ccccc32)N1C(=O)OCc1ccccc1. The van der Waals surface area contributed by atoms with Gasteiger partial charge in [0.2, 0.25) is 5.91 Å². The van der Waals surface area contributed by atoms with E-state index < -0.39 is 23.9 Å². The molecule has 2 amide bonds. The smallest absolute Gasteiger partial charge is 0.417 e. The van der Waals surface area contributed by atoms with Gasteiger partial charge in [-0.05, 0) is 24.1 Å². The van der Waals surface area contributed by atoms with Gasteiger partial charge in [0.15, 0.2) is 0 Å². The van der Waals surface area contributed by atoms with Crippen molar-refractivity contribution < 1.29 is 19.1 Å². The number of para-hydroxylation sites is 1. The van der Waals surface area contributed by atoms with E-state index in [9.17, 15) is 14.4 Å². The molecule has 3 aromatic rings. The van der Waals surface area contributed by atoms with Crippen molar-refractivity contribution >= 4 is 28.9 Å². The summed E-state index contributed by atoms with van der Waals surface area (Å²) in [5.74, 6) is -0.915. The van der Waals surface area contributed by atoms with Crippen molar-refractivity contribution in [3.8, 4) is 0 Å². The lowest BCUT2D eigenvalue weighted by molar-refractivity contribution is -0.127. The lowest BCUT2D eigenvalue weighted by Crippen LogP contribution is -2.45. The minimum atomic E-state index is -0.953. The fraction of sp³-hybridized carbons (Fsp3) is 0.211. The third-order valence-corrected chi connectivity index (χ3v) is 4.46. The Kier molecular flexibility index (Phi) is 4.37. The van der Waals surface area contributed by atoms with Crippen LogP contribution in [0.2, 0.25) is 0 Å². The van der Waals surface area contributed by atoms with Crippen molar-refractivity contribution in [1.29, 1.82) is 0 Å². The number of benzene rings is 2. The van der Waals surface area contributed by atoms with Gasteiger partial charge in [0.25, 0.3) is 5.91 Å². The molecule has 8 heteroatoms. The van der Waals surface area contributed by atoms with E-state index >= 15 is 0 Å². The molecule has 8 nitrogen and oxygen atoms in total. The molecule has 0 bridgehead atoms. The molecule has 0 saturated carbocycles. The number of hydrogen-bond donors (Lipinski definition) is 0. The highest BCUT2D eigenvalue weighted by Gasteiger charge is 2.42. The van der Waals surface area contributed by atoms with Crippen molar-refractivity contribution in [2.24, 2.45) is 0 Å². The Morgan fingerprint density at radius 3 is 2.63 bits per heavy atom. The first-order chi connectivity index (χ1) is 13.1. The lowest BCUT2D eigenvalue weighted by atomic mass is 10.2. The molecule has 27 heavy (non-hydrogen) atoms. The zero-order chi connectivity index (χ0) is 18.8. The van der Waals surface area contributed by atoms with Crippen LogP contribution in [0.15, 0.2) is 54.6 Å². The Morgan fingerprint density at radius 1 is 1.07 bits per heavy atom. The molecule has 136 valence electrons. The second-order valence-corrected chi connectivity index (χ2v) is 6.19. The minimum Gasteiger partial charge on any atom is -0.444 e. The van der Waals surface area contributed by atoms with Crippen LogP contribution in [0.5, 0.6) is 0 Å². The molecule has 1 aromatic heterocycles. The van der Waals surface area contributed by atoms with Gasteiger partial charge in [0, 0.05) is 6.42 Å². The summed E-state index contributed by atoms with van der Waals surface area (Å²) < 4.78 is 6.37. The van der Waals surface area contributed by atoms with Crippen LogP contribution < -0.4 is 0 Å². The number of aromatic nitrogens is 3. The molecular formula is C19H16N4O4. The number of fused-ring (bicyclic) bond motifs is 1. The summed E-state index contributed by atoms with van der Waals surface area (Å²) in [6.45, 7) is 0.0244. The highest BCUT2D eigenvalue weighted by molar-refractivity contribution is 6.02. The zero-order valence-corrected chi connectivity index (χ0v) is 14.3.